The van der Waals surface area contributed by atoms with Gasteiger partial charge in [-0.2, -0.15) is 0 Å². The normalized spacial score (nSPS) is 12.1. The fraction of sp³-hybridized carbons (Fsp3) is 0.0952. The molecule has 2 nitrogen and oxygen atoms in total. The van der Waals surface area contributed by atoms with Gasteiger partial charge in [-0.3, -0.25) is 9.98 Å². The molecule has 0 bridgehead atoms. The van der Waals surface area contributed by atoms with Gasteiger partial charge in [0.1, 0.15) is 11.1 Å². The van der Waals surface area contributed by atoms with Gasteiger partial charge in [0.15, 0.2) is 0 Å². The molecule has 0 spiro atoms. The van der Waals surface area contributed by atoms with Crippen LogP contribution in [0.15, 0.2) is 192 Å². The Kier molecular flexibility index (Phi) is 8.99. The predicted molar refractivity (Wildman–Crippen MR) is 185 cm³/mol. The molecular weight excluding hydrogens is 532 g/mol. The second kappa shape index (κ2) is 13.8. The molecular formula is C42H36N2. The van der Waals surface area contributed by atoms with E-state index >= 15 is 0 Å². The number of unbranched alkanes of at least 4 members (excludes halogenated alkanes) is 1. The minimum absolute atomic E-state index is 0.650. The average Bonchev–Trinajstić information content (AvgIpc) is 3.12. The third kappa shape index (κ3) is 5.80. The molecule has 6 aromatic carbocycles. The highest BCUT2D eigenvalue weighted by molar-refractivity contribution is 5.69. The highest BCUT2D eigenvalue weighted by Gasteiger charge is 2.36. The maximum absolute atomic E-state index is 5.39. The first-order chi connectivity index (χ1) is 21.8. The van der Waals surface area contributed by atoms with Gasteiger partial charge >= 0.3 is 0 Å². The molecule has 0 radical (unpaired) electrons. The lowest BCUT2D eigenvalue weighted by Gasteiger charge is -2.32. The molecule has 6 aromatic rings. The van der Waals surface area contributed by atoms with Crippen LogP contribution in [-0.4, -0.2) is 12.4 Å². The second-order valence-corrected chi connectivity index (χ2v) is 10.8. The zero-order chi connectivity index (χ0) is 29.9. The van der Waals surface area contributed by atoms with Crippen molar-refractivity contribution >= 4 is 12.4 Å². The summed E-state index contributed by atoms with van der Waals surface area (Å²) < 4.78 is 0. The summed E-state index contributed by atoms with van der Waals surface area (Å²) in [5.74, 6) is 0. The van der Waals surface area contributed by atoms with Crippen molar-refractivity contribution in [2.75, 3.05) is 0 Å². The Hall–Kier alpha value is -5.34. The van der Waals surface area contributed by atoms with Crippen LogP contribution in [0.1, 0.15) is 46.2 Å². The van der Waals surface area contributed by atoms with Gasteiger partial charge in [0.05, 0.1) is 0 Å². The van der Waals surface area contributed by atoms with Crippen molar-refractivity contribution in [1.82, 2.24) is 0 Å². The zero-order valence-electron chi connectivity index (χ0n) is 24.8. The van der Waals surface area contributed by atoms with E-state index in [4.69, 9.17) is 9.98 Å². The van der Waals surface area contributed by atoms with E-state index in [2.05, 4.69) is 194 Å². The Morgan fingerprint density at radius 3 is 0.659 bits per heavy atom. The van der Waals surface area contributed by atoms with Crippen molar-refractivity contribution in [1.29, 1.82) is 0 Å². The summed E-state index contributed by atoms with van der Waals surface area (Å²) in [5, 5.41) is 0. The summed E-state index contributed by atoms with van der Waals surface area (Å²) >= 11 is 0. The smallest absolute Gasteiger partial charge is 0.135 e. The van der Waals surface area contributed by atoms with Crippen molar-refractivity contribution in [2.45, 2.75) is 23.9 Å². The van der Waals surface area contributed by atoms with Crippen molar-refractivity contribution in [3.8, 4) is 0 Å². The molecule has 0 aliphatic heterocycles. The van der Waals surface area contributed by atoms with Crippen LogP contribution in [-0.2, 0) is 11.1 Å². The topological polar surface area (TPSA) is 24.7 Å². The molecule has 0 saturated carbocycles. The number of hydrogen-bond donors (Lipinski definition) is 0. The lowest BCUT2D eigenvalue weighted by atomic mass is 9.77. The molecule has 0 N–H and O–H groups in total. The molecule has 214 valence electrons. The third-order valence-corrected chi connectivity index (χ3v) is 8.14. The van der Waals surface area contributed by atoms with E-state index in [0.717, 1.165) is 46.2 Å². The van der Waals surface area contributed by atoms with Crippen molar-refractivity contribution in [3.05, 3.63) is 215 Å². The highest BCUT2D eigenvalue weighted by Crippen LogP contribution is 2.41. The van der Waals surface area contributed by atoms with Crippen LogP contribution in [0.25, 0.3) is 0 Å². The monoisotopic (exact) mass is 568 g/mol. The fourth-order valence-corrected chi connectivity index (χ4v) is 6.08. The van der Waals surface area contributed by atoms with Gasteiger partial charge in [-0.05, 0) is 46.2 Å². The van der Waals surface area contributed by atoms with Crippen LogP contribution >= 0.6 is 0 Å². The highest BCUT2D eigenvalue weighted by atomic mass is 14.9. The van der Waals surface area contributed by atoms with Gasteiger partial charge < -0.3 is 0 Å². The predicted octanol–water partition coefficient (Wildman–Crippen LogP) is 9.89. The first-order valence-corrected chi connectivity index (χ1v) is 15.2. The maximum atomic E-state index is 5.39. The van der Waals surface area contributed by atoms with Gasteiger partial charge in [0, 0.05) is 12.4 Å². The lowest BCUT2D eigenvalue weighted by Crippen LogP contribution is -2.27. The van der Waals surface area contributed by atoms with Crippen LogP contribution in [0.5, 0.6) is 0 Å². The number of rotatable bonds is 11. The third-order valence-electron chi connectivity index (χ3n) is 8.14. The van der Waals surface area contributed by atoms with Gasteiger partial charge in [-0.25, -0.2) is 0 Å². The van der Waals surface area contributed by atoms with Crippen LogP contribution < -0.4 is 0 Å². The first kappa shape index (κ1) is 28.8. The van der Waals surface area contributed by atoms with E-state index in [1.54, 1.807) is 0 Å². The summed E-state index contributed by atoms with van der Waals surface area (Å²) in [5.41, 5.74) is 5.53. The minimum Gasteiger partial charge on any atom is -0.276 e. The van der Waals surface area contributed by atoms with Gasteiger partial charge in [-0.15, -0.1) is 0 Å². The molecule has 0 aliphatic rings. The van der Waals surface area contributed by atoms with E-state index in [1.165, 1.54) is 0 Å². The van der Waals surface area contributed by atoms with E-state index in [0.29, 0.717) is 0 Å². The molecule has 0 aliphatic carbocycles. The Labute approximate surface area is 261 Å². The molecule has 2 heteroatoms. The standard InChI is InChI=1S/C42H36N2/c1-7-21-35(22-8-1)41(36-23-9-2-10-24-36,37-25-11-3-12-26-37)43-33-19-20-34-44-42(38-27-13-4-14-28-38,39-29-15-5-16-30-39)40-31-17-6-18-32-40/h1-18,21-34H,19-20H2. The SMILES string of the molecule is C(CCC=NC(c1ccccc1)(c1ccccc1)c1ccccc1)=NC(c1ccccc1)(c1ccccc1)c1ccccc1. The molecule has 0 amide bonds. The Balaban J connectivity index is 1.37. The number of hydrogen-bond acceptors (Lipinski definition) is 2. The largest absolute Gasteiger partial charge is 0.276 e. The van der Waals surface area contributed by atoms with Crippen molar-refractivity contribution in [3.63, 3.8) is 0 Å². The molecule has 0 heterocycles. The Morgan fingerprint density at radius 2 is 0.477 bits per heavy atom. The van der Waals surface area contributed by atoms with Crippen LogP contribution in [0.4, 0.5) is 0 Å². The quantitative estimate of drug-likeness (QED) is 0.0844. The first-order valence-electron chi connectivity index (χ1n) is 15.2. The van der Waals surface area contributed by atoms with Crippen molar-refractivity contribution < 1.29 is 0 Å². The van der Waals surface area contributed by atoms with E-state index in [-0.39, 0.29) is 0 Å². The zero-order valence-corrected chi connectivity index (χ0v) is 24.8. The van der Waals surface area contributed by atoms with Crippen LogP contribution in [0, 0.1) is 0 Å². The molecule has 0 unspecified atom stereocenters. The number of nitrogens with zero attached hydrogens (tertiary/aromatic N) is 2. The molecule has 0 fully saturated rings. The van der Waals surface area contributed by atoms with Gasteiger partial charge in [0.25, 0.3) is 0 Å². The van der Waals surface area contributed by atoms with Gasteiger partial charge in [-0.1, -0.05) is 182 Å². The van der Waals surface area contributed by atoms with Gasteiger partial charge in [0.2, 0.25) is 0 Å². The molecule has 6 rings (SSSR count). The lowest BCUT2D eigenvalue weighted by molar-refractivity contribution is 0.654. The van der Waals surface area contributed by atoms with Crippen LogP contribution in [0.3, 0.4) is 0 Å². The Bertz CT molecular complexity index is 1430. The Morgan fingerprint density at radius 1 is 0.295 bits per heavy atom. The summed E-state index contributed by atoms with van der Waals surface area (Å²) in [6.45, 7) is 0. The van der Waals surface area contributed by atoms with E-state index in [9.17, 15) is 0 Å². The summed E-state index contributed by atoms with van der Waals surface area (Å²) in [7, 11) is 0. The second-order valence-electron chi connectivity index (χ2n) is 10.8. The average molecular weight is 569 g/mol. The van der Waals surface area contributed by atoms with Crippen molar-refractivity contribution in [2.24, 2.45) is 9.98 Å². The molecule has 0 atom stereocenters. The maximum Gasteiger partial charge on any atom is 0.135 e. The van der Waals surface area contributed by atoms with Crippen LogP contribution in [0.2, 0.25) is 0 Å². The number of benzene rings is 6. The minimum atomic E-state index is -0.650. The summed E-state index contributed by atoms with van der Waals surface area (Å²) in [6.07, 6.45) is 5.67. The van der Waals surface area contributed by atoms with E-state index in [1.807, 2.05) is 0 Å². The van der Waals surface area contributed by atoms with E-state index < -0.39 is 11.1 Å². The summed E-state index contributed by atoms with van der Waals surface area (Å²) in [4.78, 5) is 10.8. The molecule has 44 heavy (non-hydrogen) atoms. The molecule has 0 saturated heterocycles. The molecule has 0 aromatic heterocycles. The number of aliphatic imine (C=N–C) groups is 2. The fourth-order valence-electron chi connectivity index (χ4n) is 6.08. The summed E-state index contributed by atoms with van der Waals surface area (Å²) in [6, 6.07) is 63.5.